The van der Waals surface area contributed by atoms with Gasteiger partial charge in [-0.2, -0.15) is 10.2 Å². The van der Waals surface area contributed by atoms with Crippen molar-refractivity contribution < 1.29 is 4.79 Å². The first-order valence-corrected chi connectivity index (χ1v) is 7.77. The molecule has 0 aromatic carbocycles. The zero-order valence-electron chi connectivity index (χ0n) is 13.5. The van der Waals surface area contributed by atoms with Crippen LogP contribution >= 0.6 is 0 Å². The maximum Gasteiger partial charge on any atom is 0.272 e. The number of fused-ring (bicyclic) bond motifs is 1. The fourth-order valence-electron chi connectivity index (χ4n) is 2.58. The lowest BCUT2D eigenvalue weighted by atomic mass is 10.2. The molecule has 3 aromatic heterocycles. The van der Waals surface area contributed by atoms with E-state index in [0.717, 1.165) is 29.9 Å². The standard InChI is InChI=1S/C16H20N6O/c1-4-13(15-17-10-18-21(15)5-2)19-16(23)14-9-12-8-11(3)6-7-22(12)20-14/h6-10,13H,4-5H2,1-3H3,(H,19,23)/t13-/m1/s1. The first-order chi connectivity index (χ1) is 11.1. The predicted octanol–water partition coefficient (Wildman–Crippen LogP) is 2.14. The summed E-state index contributed by atoms with van der Waals surface area (Å²) in [5, 5.41) is 11.5. The van der Waals surface area contributed by atoms with Crippen LogP contribution in [0.5, 0.6) is 0 Å². The van der Waals surface area contributed by atoms with Crippen molar-refractivity contribution in [2.75, 3.05) is 0 Å². The van der Waals surface area contributed by atoms with Crippen molar-refractivity contribution in [3.8, 4) is 0 Å². The molecule has 3 aromatic rings. The van der Waals surface area contributed by atoms with Crippen LogP contribution in [0.3, 0.4) is 0 Å². The molecule has 1 amide bonds. The third-order valence-corrected chi connectivity index (χ3v) is 3.82. The molecule has 1 atom stereocenters. The van der Waals surface area contributed by atoms with E-state index in [-0.39, 0.29) is 11.9 Å². The van der Waals surface area contributed by atoms with Crippen LogP contribution in [0.15, 0.2) is 30.7 Å². The average Bonchev–Trinajstić information content (AvgIpc) is 3.18. The molecule has 3 heterocycles. The van der Waals surface area contributed by atoms with Crippen LogP contribution < -0.4 is 5.32 Å². The predicted molar refractivity (Wildman–Crippen MR) is 86.1 cm³/mol. The fourth-order valence-corrected chi connectivity index (χ4v) is 2.58. The summed E-state index contributed by atoms with van der Waals surface area (Å²) in [5.74, 6) is 0.562. The van der Waals surface area contributed by atoms with Crippen LogP contribution in [-0.4, -0.2) is 30.3 Å². The van der Waals surface area contributed by atoms with Crippen molar-refractivity contribution in [1.29, 1.82) is 0 Å². The average molecular weight is 312 g/mol. The van der Waals surface area contributed by atoms with E-state index in [1.165, 1.54) is 6.33 Å². The zero-order valence-corrected chi connectivity index (χ0v) is 13.5. The Balaban J connectivity index is 1.83. The Kier molecular flexibility index (Phi) is 4.10. The van der Waals surface area contributed by atoms with E-state index in [1.54, 1.807) is 15.3 Å². The molecule has 0 aliphatic rings. The van der Waals surface area contributed by atoms with E-state index in [0.29, 0.717) is 5.69 Å². The van der Waals surface area contributed by atoms with Gasteiger partial charge in [0, 0.05) is 12.7 Å². The lowest BCUT2D eigenvalue weighted by Gasteiger charge is -2.16. The summed E-state index contributed by atoms with van der Waals surface area (Å²) in [6.07, 6.45) is 4.10. The summed E-state index contributed by atoms with van der Waals surface area (Å²) in [6.45, 7) is 6.73. The summed E-state index contributed by atoms with van der Waals surface area (Å²) in [6, 6.07) is 5.56. The first-order valence-electron chi connectivity index (χ1n) is 7.77. The minimum absolute atomic E-state index is 0.184. The van der Waals surface area contributed by atoms with Gasteiger partial charge in [-0.1, -0.05) is 6.92 Å². The second-order valence-electron chi connectivity index (χ2n) is 5.47. The zero-order chi connectivity index (χ0) is 16.4. The normalized spacial score (nSPS) is 12.5. The van der Waals surface area contributed by atoms with Crippen molar-refractivity contribution in [3.63, 3.8) is 0 Å². The Morgan fingerprint density at radius 3 is 2.91 bits per heavy atom. The number of nitrogens with one attached hydrogen (secondary N) is 1. The minimum atomic E-state index is -0.205. The van der Waals surface area contributed by atoms with E-state index >= 15 is 0 Å². The van der Waals surface area contributed by atoms with Gasteiger partial charge in [0.15, 0.2) is 5.69 Å². The third kappa shape index (κ3) is 2.94. The van der Waals surface area contributed by atoms with Crippen molar-refractivity contribution in [2.24, 2.45) is 0 Å². The monoisotopic (exact) mass is 312 g/mol. The molecule has 7 nitrogen and oxygen atoms in total. The molecular formula is C16H20N6O. The summed E-state index contributed by atoms with van der Waals surface area (Å²) in [5.41, 5.74) is 2.43. The van der Waals surface area contributed by atoms with Crippen LogP contribution in [0.1, 0.15) is 48.2 Å². The van der Waals surface area contributed by atoms with E-state index in [9.17, 15) is 4.79 Å². The highest BCUT2D eigenvalue weighted by Gasteiger charge is 2.20. The molecule has 23 heavy (non-hydrogen) atoms. The molecule has 0 bridgehead atoms. The molecule has 1 N–H and O–H groups in total. The Hall–Kier alpha value is -2.70. The topological polar surface area (TPSA) is 77.1 Å². The number of carbonyl (C=O) groups excluding carboxylic acids is 1. The van der Waals surface area contributed by atoms with Crippen LogP contribution in [-0.2, 0) is 6.54 Å². The maximum absolute atomic E-state index is 12.5. The molecule has 0 saturated carbocycles. The third-order valence-electron chi connectivity index (χ3n) is 3.82. The fraction of sp³-hybridized carbons (Fsp3) is 0.375. The van der Waals surface area contributed by atoms with Crippen LogP contribution in [0.25, 0.3) is 5.52 Å². The number of hydrogen-bond acceptors (Lipinski definition) is 4. The Morgan fingerprint density at radius 1 is 1.35 bits per heavy atom. The van der Waals surface area contributed by atoms with Crippen LogP contribution in [0.2, 0.25) is 0 Å². The van der Waals surface area contributed by atoms with Gasteiger partial charge in [-0.3, -0.25) is 4.79 Å². The van der Waals surface area contributed by atoms with Crippen LogP contribution in [0.4, 0.5) is 0 Å². The smallest absolute Gasteiger partial charge is 0.272 e. The van der Waals surface area contributed by atoms with Gasteiger partial charge in [0.2, 0.25) is 0 Å². The summed E-state index contributed by atoms with van der Waals surface area (Å²) < 4.78 is 3.50. The summed E-state index contributed by atoms with van der Waals surface area (Å²) in [7, 11) is 0. The molecule has 0 unspecified atom stereocenters. The number of carbonyl (C=O) groups is 1. The number of aryl methyl sites for hydroxylation is 2. The molecule has 120 valence electrons. The van der Waals surface area contributed by atoms with Gasteiger partial charge in [0.1, 0.15) is 12.2 Å². The van der Waals surface area contributed by atoms with Gasteiger partial charge in [0.25, 0.3) is 5.91 Å². The van der Waals surface area contributed by atoms with Gasteiger partial charge in [0.05, 0.1) is 11.6 Å². The molecule has 3 rings (SSSR count). The molecular weight excluding hydrogens is 292 g/mol. The number of amides is 1. The second kappa shape index (κ2) is 6.20. The van der Waals surface area contributed by atoms with E-state index < -0.39 is 0 Å². The quantitative estimate of drug-likeness (QED) is 0.783. The summed E-state index contributed by atoms with van der Waals surface area (Å²) >= 11 is 0. The molecule has 0 radical (unpaired) electrons. The van der Waals surface area contributed by atoms with Crippen molar-refractivity contribution >= 4 is 11.4 Å². The maximum atomic E-state index is 12.5. The number of hydrogen-bond donors (Lipinski definition) is 1. The minimum Gasteiger partial charge on any atom is -0.341 e. The Bertz CT molecular complexity index is 834. The first kappa shape index (κ1) is 15.2. The lowest BCUT2D eigenvalue weighted by Crippen LogP contribution is -2.30. The van der Waals surface area contributed by atoms with Crippen molar-refractivity contribution in [2.45, 2.75) is 39.8 Å². The van der Waals surface area contributed by atoms with Crippen molar-refractivity contribution in [3.05, 3.63) is 47.8 Å². The molecule has 0 saturated heterocycles. The van der Waals surface area contributed by atoms with E-state index in [2.05, 4.69) is 20.5 Å². The Labute approximate surface area is 134 Å². The van der Waals surface area contributed by atoms with Crippen molar-refractivity contribution in [1.82, 2.24) is 29.7 Å². The van der Waals surface area contributed by atoms with Gasteiger partial charge >= 0.3 is 0 Å². The SMILES string of the molecule is CC[C@@H](NC(=O)c1cc2cc(C)ccn2n1)c1ncnn1CC. The number of pyridine rings is 1. The van der Waals surface area contributed by atoms with E-state index in [4.69, 9.17) is 0 Å². The molecule has 0 spiro atoms. The Morgan fingerprint density at radius 2 is 2.17 bits per heavy atom. The highest BCUT2D eigenvalue weighted by Crippen LogP contribution is 2.15. The largest absolute Gasteiger partial charge is 0.341 e. The highest BCUT2D eigenvalue weighted by molar-refractivity contribution is 5.93. The van der Waals surface area contributed by atoms with Gasteiger partial charge < -0.3 is 5.32 Å². The second-order valence-corrected chi connectivity index (χ2v) is 5.47. The van der Waals surface area contributed by atoms with Crippen LogP contribution in [0, 0.1) is 6.92 Å². The van der Waals surface area contributed by atoms with Gasteiger partial charge in [-0.25, -0.2) is 14.2 Å². The number of aromatic nitrogens is 5. The molecule has 0 aliphatic heterocycles. The van der Waals surface area contributed by atoms with E-state index in [1.807, 2.05) is 39.1 Å². The molecule has 0 fully saturated rings. The summed E-state index contributed by atoms with van der Waals surface area (Å²) in [4.78, 5) is 16.8. The molecule has 7 heteroatoms. The molecule has 0 aliphatic carbocycles. The number of rotatable bonds is 5. The highest BCUT2D eigenvalue weighted by atomic mass is 16.2. The number of nitrogens with zero attached hydrogens (tertiary/aromatic N) is 5. The lowest BCUT2D eigenvalue weighted by molar-refractivity contribution is 0.0927. The van der Waals surface area contributed by atoms with Gasteiger partial charge in [-0.15, -0.1) is 0 Å². The van der Waals surface area contributed by atoms with Gasteiger partial charge in [-0.05, 0) is 44.0 Å².